The van der Waals surface area contributed by atoms with E-state index in [1.165, 1.54) is 37.4 Å². The number of hydrogen-bond acceptors (Lipinski definition) is 6. The second-order valence-corrected chi connectivity index (χ2v) is 7.19. The number of Topliss-reactive ketones (excluding diaryl/α,β-unsaturated/α-hetero) is 1. The number of nitro groups is 1. The van der Waals surface area contributed by atoms with Crippen LogP contribution in [0.2, 0.25) is 0 Å². The van der Waals surface area contributed by atoms with Gasteiger partial charge in [0.1, 0.15) is 17.3 Å². The normalized spacial score (nSPS) is 17.3. The highest BCUT2D eigenvalue weighted by Crippen LogP contribution is 2.43. The predicted molar refractivity (Wildman–Crippen MR) is 117 cm³/mol. The van der Waals surface area contributed by atoms with Gasteiger partial charge in [-0.25, -0.2) is 4.39 Å². The highest BCUT2D eigenvalue weighted by atomic mass is 19.1. The molecular formula is C24H17FN2O6. The lowest BCUT2D eigenvalue weighted by Gasteiger charge is -2.25. The van der Waals surface area contributed by atoms with Crippen molar-refractivity contribution in [3.05, 3.63) is 105 Å². The summed E-state index contributed by atoms with van der Waals surface area (Å²) in [6.07, 6.45) is 0. The molecule has 8 nitrogen and oxygen atoms in total. The standard InChI is InChI=1S/C24H17FN2O6/c1-33-17-12-10-15(11-13-17)26-21(18-4-2-3-5-19(18)25)20(23(29)24(26)30)22(28)14-6-8-16(9-7-14)27(31)32/h2-13,21,28H,1H3/b22-20+/t21-/m0/s1. The number of rotatable bonds is 5. The number of carbonyl (C=O) groups is 2. The van der Waals surface area contributed by atoms with Crippen molar-refractivity contribution in [3.63, 3.8) is 0 Å². The number of carbonyl (C=O) groups excluding carboxylic acids is 2. The maximum Gasteiger partial charge on any atom is 0.300 e. The summed E-state index contributed by atoms with van der Waals surface area (Å²) in [5.41, 5.74) is -0.148. The molecule has 1 N–H and O–H groups in total. The van der Waals surface area contributed by atoms with E-state index in [-0.39, 0.29) is 22.4 Å². The van der Waals surface area contributed by atoms with Gasteiger partial charge >= 0.3 is 0 Å². The molecule has 0 aliphatic carbocycles. The van der Waals surface area contributed by atoms with Crippen LogP contribution in [0.1, 0.15) is 17.2 Å². The summed E-state index contributed by atoms with van der Waals surface area (Å²) in [6, 6.07) is 15.5. The number of ether oxygens (including phenoxy) is 1. The van der Waals surface area contributed by atoms with Crippen LogP contribution in [-0.4, -0.2) is 28.8 Å². The first-order chi connectivity index (χ1) is 15.8. The van der Waals surface area contributed by atoms with Crippen molar-refractivity contribution in [2.75, 3.05) is 12.0 Å². The van der Waals surface area contributed by atoms with Crippen LogP contribution in [-0.2, 0) is 9.59 Å². The third kappa shape index (κ3) is 3.80. The molecule has 166 valence electrons. The number of aliphatic hydroxyl groups excluding tert-OH is 1. The van der Waals surface area contributed by atoms with E-state index in [9.17, 15) is 29.2 Å². The van der Waals surface area contributed by atoms with Gasteiger partial charge in [0, 0.05) is 28.9 Å². The Bertz CT molecular complexity index is 1290. The summed E-state index contributed by atoms with van der Waals surface area (Å²) in [5.74, 6) is -2.67. The molecule has 1 aliphatic heterocycles. The van der Waals surface area contributed by atoms with Gasteiger partial charge < -0.3 is 9.84 Å². The lowest BCUT2D eigenvalue weighted by Crippen LogP contribution is -2.29. The van der Waals surface area contributed by atoms with E-state index in [0.717, 1.165) is 17.0 Å². The van der Waals surface area contributed by atoms with Crippen molar-refractivity contribution in [2.45, 2.75) is 6.04 Å². The quantitative estimate of drug-likeness (QED) is 0.204. The molecule has 0 spiro atoms. The van der Waals surface area contributed by atoms with Crippen molar-refractivity contribution < 1.29 is 28.7 Å². The lowest BCUT2D eigenvalue weighted by molar-refractivity contribution is -0.384. The zero-order chi connectivity index (χ0) is 23.7. The molecule has 1 amide bonds. The zero-order valence-electron chi connectivity index (χ0n) is 17.3. The fraction of sp³-hybridized carbons (Fsp3) is 0.0833. The van der Waals surface area contributed by atoms with Crippen molar-refractivity contribution in [1.29, 1.82) is 0 Å². The second-order valence-electron chi connectivity index (χ2n) is 7.19. The van der Waals surface area contributed by atoms with Crippen LogP contribution in [0.25, 0.3) is 5.76 Å². The summed E-state index contributed by atoms with van der Waals surface area (Å²) in [7, 11) is 1.48. The number of benzene rings is 3. The zero-order valence-corrected chi connectivity index (χ0v) is 17.3. The maximum atomic E-state index is 14.8. The second kappa shape index (κ2) is 8.54. The number of non-ortho nitro benzene ring substituents is 1. The van der Waals surface area contributed by atoms with Gasteiger partial charge in [0.25, 0.3) is 17.4 Å². The Morgan fingerprint density at radius 3 is 2.24 bits per heavy atom. The van der Waals surface area contributed by atoms with Crippen LogP contribution in [0.3, 0.4) is 0 Å². The van der Waals surface area contributed by atoms with Gasteiger partial charge in [-0.2, -0.15) is 0 Å². The monoisotopic (exact) mass is 448 g/mol. The summed E-state index contributed by atoms with van der Waals surface area (Å²) < 4.78 is 20.0. The first-order valence-corrected chi connectivity index (χ1v) is 9.77. The number of amides is 1. The third-order valence-corrected chi connectivity index (χ3v) is 5.35. The first kappa shape index (κ1) is 21.7. The first-order valence-electron chi connectivity index (χ1n) is 9.77. The van der Waals surface area contributed by atoms with Crippen LogP contribution < -0.4 is 9.64 Å². The van der Waals surface area contributed by atoms with Gasteiger partial charge in [-0.3, -0.25) is 24.6 Å². The number of nitro benzene ring substituents is 1. The van der Waals surface area contributed by atoms with E-state index >= 15 is 0 Å². The van der Waals surface area contributed by atoms with Crippen molar-refractivity contribution in [3.8, 4) is 5.75 Å². The van der Waals surface area contributed by atoms with Crippen LogP contribution in [0.4, 0.5) is 15.8 Å². The molecule has 0 radical (unpaired) electrons. The number of hydrogen-bond donors (Lipinski definition) is 1. The minimum atomic E-state index is -1.25. The molecule has 1 heterocycles. The highest BCUT2D eigenvalue weighted by Gasteiger charge is 2.47. The Kier molecular flexibility index (Phi) is 5.61. The topological polar surface area (TPSA) is 110 Å². The number of nitrogens with zero attached hydrogens (tertiary/aromatic N) is 2. The molecule has 1 saturated heterocycles. The molecule has 0 saturated carbocycles. The summed E-state index contributed by atoms with van der Waals surface area (Å²) in [4.78, 5) is 37.5. The summed E-state index contributed by atoms with van der Waals surface area (Å²) >= 11 is 0. The van der Waals surface area contributed by atoms with E-state index in [4.69, 9.17) is 4.74 Å². The molecule has 3 aromatic rings. The smallest absolute Gasteiger partial charge is 0.300 e. The Balaban J connectivity index is 1.91. The average Bonchev–Trinajstić information content (AvgIpc) is 3.09. The largest absolute Gasteiger partial charge is 0.507 e. The fourth-order valence-electron chi connectivity index (χ4n) is 3.73. The summed E-state index contributed by atoms with van der Waals surface area (Å²) in [6.45, 7) is 0. The number of halogens is 1. The van der Waals surface area contributed by atoms with Gasteiger partial charge in [-0.05, 0) is 42.5 Å². The van der Waals surface area contributed by atoms with E-state index in [1.807, 2.05) is 0 Å². The highest BCUT2D eigenvalue weighted by molar-refractivity contribution is 6.51. The minimum Gasteiger partial charge on any atom is -0.507 e. The molecule has 4 rings (SSSR count). The van der Waals surface area contributed by atoms with Gasteiger partial charge in [0.2, 0.25) is 0 Å². The van der Waals surface area contributed by atoms with E-state index in [2.05, 4.69) is 0 Å². The van der Waals surface area contributed by atoms with Crippen LogP contribution in [0, 0.1) is 15.9 Å². The number of ketones is 1. The molecule has 0 bridgehead atoms. The Morgan fingerprint density at radius 2 is 1.67 bits per heavy atom. The van der Waals surface area contributed by atoms with Crippen molar-refractivity contribution in [1.82, 2.24) is 0 Å². The molecule has 0 aromatic heterocycles. The SMILES string of the molecule is COc1ccc(N2C(=O)C(=O)/C(=C(/O)c3ccc([N+](=O)[O-])cc3)[C@@H]2c2ccccc2F)cc1. The van der Waals surface area contributed by atoms with Crippen molar-refractivity contribution in [2.24, 2.45) is 0 Å². The molecule has 33 heavy (non-hydrogen) atoms. The molecule has 9 heteroatoms. The molecule has 1 aliphatic rings. The molecular weight excluding hydrogens is 431 g/mol. The van der Waals surface area contributed by atoms with E-state index < -0.39 is 34.2 Å². The fourth-order valence-corrected chi connectivity index (χ4v) is 3.73. The molecule has 1 fully saturated rings. The van der Waals surface area contributed by atoms with Gasteiger partial charge in [-0.1, -0.05) is 18.2 Å². The van der Waals surface area contributed by atoms with Gasteiger partial charge in [0.15, 0.2) is 0 Å². The number of aliphatic hydroxyl groups is 1. The Labute approximate surface area is 187 Å². The van der Waals surface area contributed by atoms with Crippen LogP contribution in [0.5, 0.6) is 5.75 Å². The van der Waals surface area contributed by atoms with Crippen molar-refractivity contribution >= 4 is 28.8 Å². The van der Waals surface area contributed by atoms with E-state index in [1.54, 1.807) is 30.3 Å². The van der Waals surface area contributed by atoms with Crippen LogP contribution >= 0.6 is 0 Å². The van der Waals surface area contributed by atoms with Gasteiger partial charge in [0.05, 0.1) is 23.6 Å². The molecule has 3 aromatic carbocycles. The summed E-state index contributed by atoms with van der Waals surface area (Å²) in [5, 5.41) is 21.9. The number of anilines is 1. The lowest BCUT2D eigenvalue weighted by atomic mass is 9.94. The van der Waals surface area contributed by atoms with E-state index in [0.29, 0.717) is 11.4 Å². The van der Waals surface area contributed by atoms with Gasteiger partial charge in [-0.15, -0.1) is 0 Å². The predicted octanol–water partition coefficient (Wildman–Crippen LogP) is 4.37. The van der Waals surface area contributed by atoms with Crippen LogP contribution in [0.15, 0.2) is 78.4 Å². The number of methoxy groups -OCH3 is 1. The Morgan fingerprint density at radius 1 is 1.03 bits per heavy atom. The third-order valence-electron chi connectivity index (χ3n) is 5.35. The molecule has 0 unspecified atom stereocenters. The molecule has 1 atom stereocenters. The average molecular weight is 448 g/mol. The maximum absolute atomic E-state index is 14.8. The minimum absolute atomic E-state index is 0.0102. The Hall–Kier alpha value is -4.53.